The number of aromatic nitrogens is 4. The van der Waals surface area contributed by atoms with E-state index >= 15 is 0 Å². The minimum absolute atomic E-state index is 0.0591. The lowest BCUT2D eigenvalue weighted by atomic mass is 10.1. The molecule has 4 rings (SSSR count). The summed E-state index contributed by atoms with van der Waals surface area (Å²) in [6.45, 7) is 4.13. The third kappa shape index (κ3) is 2.26. The molecule has 2 aromatic heterocycles. The van der Waals surface area contributed by atoms with Crippen LogP contribution in [0.15, 0.2) is 18.5 Å². The lowest BCUT2D eigenvalue weighted by molar-refractivity contribution is -0.125. The normalized spacial score (nSPS) is 20.6. The van der Waals surface area contributed by atoms with Gasteiger partial charge in [0.1, 0.15) is 35.7 Å². The van der Waals surface area contributed by atoms with Gasteiger partial charge in [0.25, 0.3) is 0 Å². The number of carbonyl (C=O) groups excluding carboxylic acids is 1. The van der Waals surface area contributed by atoms with Gasteiger partial charge in [0.2, 0.25) is 5.91 Å². The molecule has 0 aromatic carbocycles. The average Bonchev–Trinajstić information content (AvgIpc) is 2.93. The van der Waals surface area contributed by atoms with Crippen molar-refractivity contribution in [2.24, 2.45) is 0 Å². The van der Waals surface area contributed by atoms with Gasteiger partial charge in [-0.05, 0) is 14.0 Å². The van der Waals surface area contributed by atoms with Crippen LogP contribution in [0.3, 0.4) is 0 Å². The van der Waals surface area contributed by atoms with Crippen molar-refractivity contribution >= 4 is 11.6 Å². The highest BCUT2D eigenvalue weighted by Crippen LogP contribution is 2.31. The zero-order chi connectivity index (χ0) is 16.0. The summed E-state index contributed by atoms with van der Waals surface area (Å²) in [4.78, 5) is 21.0. The highest BCUT2D eigenvalue weighted by Gasteiger charge is 2.36. The molecule has 120 valence electrons. The minimum Gasteiger partial charge on any atom is -0.489 e. The summed E-state index contributed by atoms with van der Waals surface area (Å²) in [6.07, 6.45) is 3.36. The number of likely N-dealkylation sites (N-methyl/N-ethyl adjacent to an activating group) is 1. The number of rotatable bonds is 1. The van der Waals surface area contributed by atoms with Crippen LogP contribution in [0.2, 0.25) is 0 Å². The summed E-state index contributed by atoms with van der Waals surface area (Å²) >= 11 is 0. The fourth-order valence-corrected chi connectivity index (χ4v) is 3.17. The van der Waals surface area contributed by atoms with Crippen LogP contribution in [0, 0.1) is 6.92 Å². The van der Waals surface area contributed by atoms with Crippen molar-refractivity contribution in [1.82, 2.24) is 24.6 Å². The van der Waals surface area contributed by atoms with E-state index in [1.807, 2.05) is 23.4 Å². The topological polar surface area (TPSA) is 76.4 Å². The number of aryl methyl sites for hydroxylation is 1. The second-order valence-electron chi connectivity index (χ2n) is 5.89. The molecule has 8 heteroatoms. The second kappa shape index (κ2) is 5.31. The molecular formula is C15H18N6O2. The molecule has 23 heavy (non-hydrogen) atoms. The van der Waals surface area contributed by atoms with E-state index in [4.69, 9.17) is 4.74 Å². The molecule has 0 saturated carbocycles. The van der Waals surface area contributed by atoms with Crippen molar-refractivity contribution in [3.63, 3.8) is 0 Å². The van der Waals surface area contributed by atoms with Crippen molar-refractivity contribution in [3.05, 3.63) is 30.1 Å². The van der Waals surface area contributed by atoms with Crippen LogP contribution in [-0.4, -0.2) is 56.8 Å². The van der Waals surface area contributed by atoms with Crippen LogP contribution in [0.1, 0.15) is 11.6 Å². The summed E-state index contributed by atoms with van der Waals surface area (Å²) < 4.78 is 7.63. The lowest BCUT2D eigenvalue weighted by Gasteiger charge is -2.37. The predicted molar refractivity (Wildman–Crippen MR) is 82.1 cm³/mol. The van der Waals surface area contributed by atoms with E-state index in [-0.39, 0.29) is 11.9 Å². The molecule has 2 aliphatic rings. The molecule has 0 aliphatic carbocycles. The molecular weight excluding hydrogens is 296 g/mol. The molecule has 1 unspecified atom stereocenters. The Hall–Kier alpha value is -2.48. The van der Waals surface area contributed by atoms with E-state index in [0.717, 1.165) is 17.3 Å². The van der Waals surface area contributed by atoms with E-state index < -0.39 is 0 Å². The van der Waals surface area contributed by atoms with Crippen molar-refractivity contribution in [2.45, 2.75) is 26.1 Å². The molecule has 2 aromatic rings. The van der Waals surface area contributed by atoms with Gasteiger partial charge in [-0.1, -0.05) is 0 Å². The fourth-order valence-electron chi connectivity index (χ4n) is 3.17. The first kappa shape index (κ1) is 14.1. The molecule has 4 heterocycles. The van der Waals surface area contributed by atoms with Crippen molar-refractivity contribution in [3.8, 4) is 5.75 Å². The zero-order valence-electron chi connectivity index (χ0n) is 13.1. The van der Waals surface area contributed by atoms with Gasteiger partial charge in [-0.15, -0.1) is 10.2 Å². The Morgan fingerprint density at radius 3 is 3.13 bits per heavy atom. The smallest absolute Gasteiger partial charge is 0.246 e. The van der Waals surface area contributed by atoms with Gasteiger partial charge < -0.3 is 14.2 Å². The Labute approximate surface area is 133 Å². The Morgan fingerprint density at radius 2 is 2.26 bits per heavy atom. The van der Waals surface area contributed by atoms with E-state index in [2.05, 4.69) is 15.2 Å². The number of nitrogens with zero attached hydrogens (tertiary/aromatic N) is 6. The predicted octanol–water partition coefficient (Wildman–Crippen LogP) is 0.221. The molecule has 8 nitrogen and oxygen atoms in total. The number of carbonyl (C=O) groups is 1. The van der Waals surface area contributed by atoms with Crippen LogP contribution in [0.5, 0.6) is 5.75 Å². The molecule has 1 atom stereocenters. The zero-order valence-corrected chi connectivity index (χ0v) is 13.1. The van der Waals surface area contributed by atoms with Gasteiger partial charge >= 0.3 is 0 Å². The SMILES string of the molecule is Cc1nnc2n1CC(C(=O)N1CCOc3ccncc31)N(C)C2. The van der Waals surface area contributed by atoms with Gasteiger partial charge in [-0.2, -0.15) is 0 Å². The first-order chi connectivity index (χ1) is 11.1. The summed E-state index contributed by atoms with van der Waals surface area (Å²) in [5.74, 6) is 2.51. The Balaban J connectivity index is 1.64. The highest BCUT2D eigenvalue weighted by molar-refractivity contribution is 5.98. The van der Waals surface area contributed by atoms with E-state index in [0.29, 0.717) is 32.0 Å². The maximum atomic E-state index is 13.1. The molecule has 0 saturated heterocycles. The summed E-state index contributed by atoms with van der Waals surface area (Å²) in [7, 11) is 1.95. The summed E-state index contributed by atoms with van der Waals surface area (Å²) in [5.41, 5.74) is 0.739. The van der Waals surface area contributed by atoms with Crippen molar-refractivity contribution in [1.29, 1.82) is 0 Å². The average molecular weight is 314 g/mol. The summed E-state index contributed by atoms with van der Waals surface area (Å²) in [6, 6.07) is 1.55. The Kier molecular flexibility index (Phi) is 3.26. The van der Waals surface area contributed by atoms with Crippen LogP contribution in [0.25, 0.3) is 0 Å². The monoisotopic (exact) mass is 314 g/mol. The number of fused-ring (bicyclic) bond motifs is 2. The first-order valence-electron chi connectivity index (χ1n) is 7.62. The fraction of sp³-hybridized carbons (Fsp3) is 0.467. The summed E-state index contributed by atoms with van der Waals surface area (Å²) in [5, 5.41) is 8.27. The van der Waals surface area contributed by atoms with Crippen LogP contribution < -0.4 is 9.64 Å². The van der Waals surface area contributed by atoms with Gasteiger partial charge in [-0.25, -0.2) is 0 Å². The molecule has 0 fully saturated rings. The van der Waals surface area contributed by atoms with E-state index in [1.54, 1.807) is 23.4 Å². The quantitative estimate of drug-likeness (QED) is 0.749. The maximum Gasteiger partial charge on any atom is 0.246 e. The number of hydrogen-bond donors (Lipinski definition) is 0. The molecule has 0 radical (unpaired) electrons. The van der Waals surface area contributed by atoms with Crippen LogP contribution in [-0.2, 0) is 17.9 Å². The molecule has 1 amide bonds. The lowest BCUT2D eigenvalue weighted by Crippen LogP contribution is -2.53. The standard InChI is InChI=1S/C15H18N6O2/c1-10-17-18-14-9-19(2)12(8-21(10)14)15(22)20-5-6-23-13-3-4-16-7-11(13)20/h3-4,7,12H,5-6,8-9H2,1-2H3. The first-order valence-corrected chi connectivity index (χ1v) is 7.62. The molecule has 0 N–H and O–H groups in total. The number of hydrogen-bond acceptors (Lipinski definition) is 6. The van der Waals surface area contributed by atoms with Gasteiger partial charge in [0, 0.05) is 12.3 Å². The number of anilines is 1. The third-order valence-electron chi connectivity index (χ3n) is 4.47. The molecule has 2 aliphatic heterocycles. The number of pyridine rings is 1. The largest absolute Gasteiger partial charge is 0.489 e. The van der Waals surface area contributed by atoms with Gasteiger partial charge in [0.05, 0.1) is 25.8 Å². The van der Waals surface area contributed by atoms with Gasteiger partial charge in [-0.3, -0.25) is 14.7 Å². The van der Waals surface area contributed by atoms with Gasteiger partial charge in [0.15, 0.2) is 0 Å². The second-order valence-corrected chi connectivity index (χ2v) is 5.89. The van der Waals surface area contributed by atoms with Crippen LogP contribution in [0.4, 0.5) is 5.69 Å². The van der Waals surface area contributed by atoms with Crippen LogP contribution >= 0.6 is 0 Å². The Bertz CT molecular complexity index is 758. The van der Waals surface area contributed by atoms with E-state index in [1.165, 1.54) is 0 Å². The molecule has 0 bridgehead atoms. The molecule has 0 spiro atoms. The Morgan fingerprint density at radius 1 is 1.39 bits per heavy atom. The maximum absolute atomic E-state index is 13.1. The highest BCUT2D eigenvalue weighted by atomic mass is 16.5. The van der Waals surface area contributed by atoms with E-state index in [9.17, 15) is 4.79 Å². The number of ether oxygens (including phenoxy) is 1. The van der Waals surface area contributed by atoms with Crippen molar-refractivity contribution in [2.75, 3.05) is 25.1 Å². The third-order valence-corrected chi connectivity index (χ3v) is 4.47. The van der Waals surface area contributed by atoms with Crippen molar-refractivity contribution < 1.29 is 9.53 Å². The number of amides is 1. The minimum atomic E-state index is -0.247.